The van der Waals surface area contributed by atoms with Crippen molar-refractivity contribution >= 4 is 34.9 Å². The van der Waals surface area contributed by atoms with Gasteiger partial charge < -0.3 is 4.57 Å². The number of nitrogens with zero attached hydrogens (tertiary/aromatic N) is 3. The van der Waals surface area contributed by atoms with Gasteiger partial charge in [0.05, 0.1) is 16.7 Å². The molecule has 1 aliphatic heterocycles. The standard InChI is InChI=1S/C26H27N3O5/c1-26(2,3)34-28(17-30)16-23(31)21-15-27(22-12-7-6-9-18(21)22)13-8-14-29-24(32)19-10-4-5-11-20(19)25(29)33/h4-7,9-12,15,17H,8,13-14,16H2,1-3H3. The molecule has 0 N–H and O–H groups in total. The van der Waals surface area contributed by atoms with E-state index in [0.29, 0.717) is 36.1 Å². The number of hydrogen-bond acceptors (Lipinski definition) is 5. The molecule has 2 aromatic carbocycles. The van der Waals surface area contributed by atoms with Gasteiger partial charge >= 0.3 is 0 Å². The highest BCUT2D eigenvalue weighted by molar-refractivity contribution is 6.21. The zero-order valence-corrected chi connectivity index (χ0v) is 19.5. The number of benzene rings is 2. The van der Waals surface area contributed by atoms with Crippen LogP contribution >= 0.6 is 0 Å². The van der Waals surface area contributed by atoms with Crippen molar-refractivity contribution in [3.05, 3.63) is 71.4 Å². The summed E-state index contributed by atoms with van der Waals surface area (Å²) < 4.78 is 1.94. The molecule has 1 aliphatic rings. The Morgan fingerprint density at radius 1 is 0.971 bits per heavy atom. The monoisotopic (exact) mass is 461 g/mol. The second-order valence-electron chi connectivity index (χ2n) is 9.22. The van der Waals surface area contributed by atoms with Gasteiger partial charge in [0.1, 0.15) is 6.54 Å². The molecule has 0 saturated carbocycles. The highest BCUT2D eigenvalue weighted by Gasteiger charge is 2.34. The fraction of sp³-hybridized carbons (Fsp3) is 0.308. The maximum atomic E-state index is 13.0. The van der Waals surface area contributed by atoms with Gasteiger partial charge in [0.25, 0.3) is 11.8 Å². The number of Topliss-reactive ketones (excluding diaryl/α,β-unsaturated/α-hetero) is 1. The summed E-state index contributed by atoms with van der Waals surface area (Å²) in [5.41, 5.74) is 1.61. The molecule has 0 saturated heterocycles. The van der Waals surface area contributed by atoms with Gasteiger partial charge in [-0.15, -0.1) is 0 Å². The summed E-state index contributed by atoms with van der Waals surface area (Å²) in [4.78, 5) is 56.4. The molecule has 34 heavy (non-hydrogen) atoms. The molecule has 0 radical (unpaired) electrons. The molecule has 3 aromatic rings. The molecule has 0 unspecified atom stereocenters. The third-order valence-electron chi connectivity index (χ3n) is 5.56. The molecule has 0 aliphatic carbocycles. The lowest BCUT2D eigenvalue weighted by Crippen LogP contribution is -2.36. The summed E-state index contributed by atoms with van der Waals surface area (Å²) >= 11 is 0. The Morgan fingerprint density at radius 2 is 1.59 bits per heavy atom. The molecule has 3 amide bonds. The van der Waals surface area contributed by atoms with E-state index >= 15 is 0 Å². The second-order valence-corrected chi connectivity index (χ2v) is 9.22. The zero-order valence-electron chi connectivity index (χ0n) is 19.5. The molecule has 8 heteroatoms. The zero-order chi connectivity index (χ0) is 24.5. The van der Waals surface area contributed by atoms with Crippen LogP contribution in [0.4, 0.5) is 0 Å². The summed E-state index contributed by atoms with van der Waals surface area (Å²) in [6.45, 7) is 5.98. The van der Waals surface area contributed by atoms with Crippen LogP contribution in [0.5, 0.6) is 0 Å². The number of hydroxylamine groups is 2. The van der Waals surface area contributed by atoms with Crippen molar-refractivity contribution in [3.8, 4) is 0 Å². The summed E-state index contributed by atoms with van der Waals surface area (Å²) in [5.74, 6) is -0.796. The molecule has 2 heterocycles. The van der Waals surface area contributed by atoms with Crippen molar-refractivity contribution in [3.63, 3.8) is 0 Å². The van der Waals surface area contributed by atoms with Crippen molar-refractivity contribution in [2.75, 3.05) is 13.1 Å². The van der Waals surface area contributed by atoms with Gasteiger partial charge in [-0.25, -0.2) is 5.06 Å². The van der Waals surface area contributed by atoms with Gasteiger partial charge in [-0.05, 0) is 45.4 Å². The lowest BCUT2D eigenvalue weighted by atomic mass is 10.1. The van der Waals surface area contributed by atoms with E-state index in [4.69, 9.17) is 4.84 Å². The number of imide groups is 1. The summed E-state index contributed by atoms with van der Waals surface area (Å²) in [6.07, 6.45) is 2.80. The van der Waals surface area contributed by atoms with E-state index in [9.17, 15) is 19.2 Å². The third-order valence-corrected chi connectivity index (χ3v) is 5.56. The first kappa shape index (κ1) is 23.4. The Labute approximate surface area is 197 Å². The van der Waals surface area contributed by atoms with E-state index in [1.807, 2.05) is 28.8 Å². The summed E-state index contributed by atoms with van der Waals surface area (Å²) in [7, 11) is 0. The van der Waals surface area contributed by atoms with Crippen molar-refractivity contribution in [2.45, 2.75) is 39.3 Å². The smallest absolute Gasteiger partial charge is 0.261 e. The number of aryl methyl sites for hydroxylation is 1. The molecule has 4 rings (SSSR count). The number of carbonyl (C=O) groups excluding carboxylic acids is 4. The minimum atomic E-state index is -0.612. The highest BCUT2D eigenvalue weighted by Crippen LogP contribution is 2.25. The Balaban J connectivity index is 1.48. The maximum absolute atomic E-state index is 13.0. The largest absolute Gasteiger partial charge is 0.347 e. The Hall–Kier alpha value is -3.78. The second kappa shape index (κ2) is 9.23. The Kier molecular flexibility index (Phi) is 6.34. The quantitative estimate of drug-likeness (QED) is 0.210. The number of hydrogen-bond donors (Lipinski definition) is 0. The van der Waals surface area contributed by atoms with Crippen molar-refractivity contribution < 1.29 is 24.0 Å². The fourth-order valence-corrected chi connectivity index (χ4v) is 4.16. The van der Waals surface area contributed by atoms with Crippen molar-refractivity contribution in [1.29, 1.82) is 0 Å². The van der Waals surface area contributed by atoms with E-state index < -0.39 is 5.60 Å². The van der Waals surface area contributed by atoms with Crippen LogP contribution in [-0.4, -0.2) is 57.2 Å². The van der Waals surface area contributed by atoms with Crippen LogP contribution < -0.4 is 0 Å². The average molecular weight is 462 g/mol. The lowest BCUT2D eigenvalue weighted by molar-refractivity contribution is -0.211. The lowest BCUT2D eigenvalue weighted by Gasteiger charge is -2.26. The number of para-hydroxylation sites is 1. The van der Waals surface area contributed by atoms with E-state index in [1.54, 1.807) is 51.2 Å². The maximum Gasteiger partial charge on any atom is 0.261 e. The van der Waals surface area contributed by atoms with E-state index in [1.165, 1.54) is 4.90 Å². The van der Waals surface area contributed by atoms with Gasteiger partial charge in [-0.1, -0.05) is 30.3 Å². The SMILES string of the molecule is CC(C)(C)ON(C=O)CC(=O)c1cn(CCCN2C(=O)c3ccccc3C2=O)c2ccccc12. The molecule has 176 valence electrons. The molecular formula is C26H27N3O5. The van der Waals surface area contributed by atoms with Crippen LogP contribution in [0, 0.1) is 0 Å². The van der Waals surface area contributed by atoms with Gasteiger partial charge in [0.2, 0.25) is 6.41 Å². The molecule has 0 atom stereocenters. The van der Waals surface area contributed by atoms with Crippen LogP contribution in [0.2, 0.25) is 0 Å². The van der Waals surface area contributed by atoms with Crippen LogP contribution in [0.15, 0.2) is 54.7 Å². The minimum Gasteiger partial charge on any atom is -0.347 e. The number of amides is 3. The Morgan fingerprint density at radius 3 is 2.21 bits per heavy atom. The first-order valence-electron chi connectivity index (χ1n) is 11.2. The van der Waals surface area contributed by atoms with Gasteiger partial charge in [0, 0.05) is 35.8 Å². The normalized spacial score (nSPS) is 13.4. The number of carbonyl (C=O) groups is 4. The first-order chi connectivity index (χ1) is 16.2. The number of ketones is 1. The Bertz CT molecular complexity index is 1240. The molecule has 0 fully saturated rings. The number of rotatable bonds is 9. The van der Waals surface area contributed by atoms with Crippen LogP contribution in [0.3, 0.4) is 0 Å². The molecular weight excluding hydrogens is 434 g/mol. The van der Waals surface area contributed by atoms with E-state index in [2.05, 4.69) is 0 Å². The third kappa shape index (κ3) is 4.63. The topological polar surface area (TPSA) is 88.9 Å². The molecule has 1 aromatic heterocycles. The van der Waals surface area contributed by atoms with Gasteiger partial charge in [0.15, 0.2) is 5.78 Å². The average Bonchev–Trinajstić information content (AvgIpc) is 3.29. The molecule has 0 spiro atoms. The van der Waals surface area contributed by atoms with Crippen molar-refractivity contribution in [2.24, 2.45) is 0 Å². The van der Waals surface area contributed by atoms with Gasteiger partial charge in [-0.3, -0.25) is 28.9 Å². The van der Waals surface area contributed by atoms with Gasteiger partial charge in [-0.2, -0.15) is 0 Å². The van der Waals surface area contributed by atoms with Crippen molar-refractivity contribution in [1.82, 2.24) is 14.5 Å². The fourth-order valence-electron chi connectivity index (χ4n) is 4.16. The number of aromatic nitrogens is 1. The summed E-state index contributed by atoms with van der Waals surface area (Å²) in [5, 5.41) is 1.78. The van der Waals surface area contributed by atoms with E-state index in [0.717, 1.165) is 16.0 Å². The van der Waals surface area contributed by atoms with E-state index in [-0.39, 0.29) is 30.7 Å². The molecule has 8 nitrogen and oxygen atoms in total. The minimum absolute atomic E-state index is 0.205. The molecule has 0 bridgehead atoms. The van der Waals surface area contributed by atoms with Crippen LogP contribution in [0.25, 0.3) is 10.9 Å². The first-order valence-corrected chi connectivity index (χ1v) is 11.2. The number of fused-ring (bicyclic) bond motifs is 2. The van der Waals surface area contributed by atoms with Crippen LogP contribution in [0.1, 0.15) is 58.3 Å². The summed E-state index contributed by atoms with van der Waals surface area (Å²) in [6, 6.07) is 14.3. The highest BCUT2D eigenvalue weighted by atomic mass is 16.7. The predicted molar refractivity (Wildman–Crippen MR) is 126 cm³/mol. The van der Waals surface area contributed by atoms with Crippen LogP contribution in [-0.2, 0) is 16.2 Å². The predicted octanol–water partition coefficient (Wildman–Crippen LogP) is 3.70.